The van der Waals surface area contributed by atoms with E-state index in [1.54, 1.807) is 12.3 Å². The van der Waals surface area contributed by atoms with Crippen LogP contribution in [0.1, 0.15) is 18.4 Å². The molecule has 8 heteroatoms. The second kappa shape index (κ2) is 7.34. The van der Waals surface area contributed by atoms with Gasteiger partial charge in [-0.25, -0.2) is 9.97 Å². The van der Waals surface area contributed by atoms with E-state index in [0.29, 0.717) is 10.6 Å². The third-order valence-electron chi connectivity index (χ3n) is 4.87. The van der Waals surface area contributed by atoms with Gasteiger partial charge in [0.05, 0.1) is 10.6 Å². The molecule has 0 spiro atoms. The molecule has 0 aliphatic carbocycles. The molecule has 0 saturated carbocycles. The molecule has 0 bridgehead atoms. The minimum Gasteiger partial charge on any atom is -0.353 e. The SMILES string of the molecule is N#Cc1cnc(N2CCN(c3ccnc(N4CCCC4)n3)CC2)c(Cl)c1. The molecule has 4 rings (SSSR count). The summed E-state index contributed by atoms with van der Waals surface area (Å²) in [6.07, 6.45) is 5.84. The highest BCUT2D eigenvalue weighted by Crippen LogP contribution is 2.26. The molecule has 0 atom stereocenters. The first-order chi connectivity index (χ1) is 12.7. The fraction of sp³-hybridized carbons (Fsp3) is 0.444. The van der Waals surface area contributed by atoms with Gasteiger partial charge in [0.2, 0.25) is 5.95 Å². The maximum Gasteiger partial charge on any atom is 0.227 e. The van der Waals surface area contributed by atoms with Crippen LogP contribution in [-0.4, -0.2) is 54.2 Å². The molecular weight excluding hydrogens is 350 g/mol. The predicted octanol–water partition coefficient (Wildman–Crippen LogP) is 2.32. The molecule has 2 aromatic rings. The lowest BCUT2D eigenvalue weighted by atomic mass is 10.2. The molecule has 0 aromatic carbocycles. The van der Waals surface area contributed by atoms with Crippen molar-refractivity contribution in [2.75, 3.05) is 54.0 Å². The van der Waals surface area contributed by atoms with Gasteiger partial charge in [0, 0.05) is 51.7 Å². The highest BCUT2D eigenvalue weighted by Gasteiger charge is 2.22. The van der Waals surface area contributed by atoms with E-state index in [4.69, 9.17) is 21.8 Å². The van der Waals surface area contributed by atoms with Gasteiger partial charge in [-0.05, 0) is 25.0 Å². The van der Waals surface area contributed by atoms with Crippen LogP contribution < -0.4 is 14.7 Å². The maximum absolute atomic E-state index is 8.94. The zero-order valence-corrected chi connectivity index (χ0v) is 15.2. The lowest BCUT2D eigenvalue weighted by Gasteiger charge is -2.36. The quantitative estimate of drug-likeness (QED) is 0.822. The lowest BCUT2D eigenvalue weighted by Crippen LogP contribution is -2.47. The van der Waals surface area contributed by atoms with Crippen molar-refractivity contribution in [3.8, 4) is 6.07 Å². The Balaban J connectivity index is 1.44. The van der Waals surface area contributed by atoms with Crippen LogP contribution in [0.25, 0.3) is 0 Å². The van der Waals surface area contributed by atoms with Crippen LogP contribution >= 0.6 is 11.6 Å². The monoisotopic (exact) mass is 369 g/mol. The summed E-state index contributed by atoms with van der Waals surface area (Å²) in [5.74, 6) is 2.55. The van der Waals surface area contributed by atoms with E-state index in [9.17, 15) is 0 Å². The topological polar surface area (TPSA) is 72.2 Å². The van der Waals surface area contributed by atoms with Gasteiger partial charge in [-0.1, -0.05) is 11.6 Å². The molecule has 134 valence electrons. The van der Waals surface area contributed by atoms with Crippen molar-refractivity contribution >= 4 is 29.2 Å². The first-order valence-corrected chi connectivity index (χ1v) is 9.26. The number of hydrogen-bond donors (Lipinski definition) is 0. The molecule has 2 fully saturated rings. The van der Waals surface area contributed by atoms with Crippen LogP contribution in [0.5, 0.6) is 0 Å². The Hall–Kier alpha value is -2.59. The molecule has 2 aromatic heterocycles. The van der Waals surface area contributed by atoms with Gasteiger partial charge in [-0.15, -0.1) is 0 Å². The van der Waals surface area contributed by atoms with Crippen molar-refractivity contribution in [3.63, 3.8) is 0 Å². The molecule has 2 aliphatic rings. The number of aromatic nitrogens is 3. The Morgan fingerprint density at radius 2 is 1.69 bits per heavy atom. The van der Waals surface area contributed by atoms with Crippen LogP contribution in [0.3, 0.4) is 0 Å². The van der Waals surface area contributed by atoms with Crippen LogP contribution in [0, 0.1) is 11.3 Å². The Bertz CT molecular complexity index is 821. The van der Waals surface area contributed by atoms with Gasteiger partial charge in [-0.3, -0.25) is 0 Å². The van der Waals surface area contributed by atoms with Crippen LogP contribution in [0.2, 0.25) is 5.02 Å². The molecule has 4 heterocycles. The van der Waals surface area contributed by atoms with E-state index in [0.717, 1.165) is 56.9 Å². The van der Waals surface area contributed by atoms with Crippen molar-refractivity contribution in [1.29, 1.82) is 5.26 Å². The van der Waals surface area contributed by atoms with E-state index in [1.165, 1.54) is 12.8 Å². The number of anilines is 3. The second-order valence-corrected chi connectivity index (χ2v) is 6.93. The summed E-state index contributed by atoms with van der Waals surface area (Å²) in [5, 5.41) is 9.46. The minimum absolute atomic E-state index is 0.479. The summed E-state index contributed by atoms with van der Waals surface area (Å²) in [6.45, 7) is 5.38. The molecule has 0 radical (unpaired) electrons. The Morgan fingerprint density at radius 1 is 0.962 bits per heavy atom. The fourth-order valence-corrected chi connectivity index (χ4v) is 3.74. The Kier molecular flexibility index (Phi) is 4.76. The number of pyridine rings is 1. The lowest BCUT2D eigenvalue weighted by molar-refractivity contribution is 0.640. The van der Waals surface area contributed by atoms with Gasteiger partial charge in [0.25, 0.3) is 0 Å². The van der Waals surface area contributed by atoms with Gasteiger partial charge < -0.3 is 14.7 Å². The summed E-state index contributed by atoms with van der Waals surface area (Å²) >= 11 is 6.29. The van der Waals surface area contributed by atoms with Gasteiger partial charge in [-0.2, -0.15) is 10.2 Å². The normalized spacial score (nSPS) is 17.5. The molecule has 0 amide bonds. The zero-order valence-electron chi connectivity index (χ0n) is 14.5. The Labute approximate surface area is 157 Å². The van der Waals surface area contributed by atoms with Gasteiger partial charge in [0.1, 0.15) is 17.7 Å². The van der Waals surface area contributed by atoms with Crippen LogP contribution in [0.15, 0.2) is 24.5 Å². The summed E-state index contributed by atoms with van der Waals surface area (Å²) in [7, 11) is 0. The Morgan fingerprint density at radius 3 is 2.38 bits per heavy atom. The van der Waals surface area contributed by atoms with Crippen molar-refractivity contribution in [2.24, 2.45) is 0 Å². The van der Waals surface area contributed by atoms with E-state index in [-0.39, 0.29) is 0 Å². The average molecular weight is 370 g/mol. The number of halogens is 1. The first-order valence-electron chi connectivity index (χ1n) is 8.88. The summed E-state index contributed by atoms with van der Waals surface area (Å²) < 4.78 is 0. The largest absolute Gasteiger partial charge is 0.353 e. The third kappa shape index (κ3) is 3.37. The predicted molar refractivity (Wildman–Crippen MR) is 102 cm³/mol. The van der Waals surface area contributed by atoms with E-state index >= 15 is 0 Å². The maximum atomic E-state index is 8.94. The summed E-state index contributed by atoms with van der Waals surface area (Å²) in [5.41, 5.74) is 0.479. The number of piperazine rings is 1. The standard InChI is InChI=1S/C18H20ClN7/c19-15-11-14(12-20)13-22-17(15)25-9-7-24(8-10-25)16-3-4-21-18(23-16)26-5-1-2-6-26/h3-4,11,13H,1-2,5-10H2. The number of nitriles is 1. The zero-order chi connectivity index (χ0) is 17.9. The average Bonchev–Trinajstić information content (AvgIpc) is 3.23. The highest BCUT2D eigenvalue weighted by atomic mass is 35.5. The van der Waals surface area contributed by atoms with E-state index < -0.39 is 0 Å². The molecule has 26 heavy (non-hydrogen) atoms. The molecular formula is C18H20ClN7. The summed E-state index contributed by atoms with van der Waals surface area (Å²) in [6, 6.07) is 5.71. The number of hydrogen-bond acceptors (Lipinski definition) is 7. The fourth-order valence-electron chi connectivity index (χ4n) is 3.46. The van der Waals surface area contributed by atoms with E-state index in [2.05, 4.69) is 30.7 Å². The molecule has 0 N–H and O–H groups in total. The van der Waals surface area contributed by atoms with Crippen LogP contribution in [-0.2, 0) is 0 Å². The number of rotatable bonds is 3. The molecule has 0 unspecified atom stereocenters. The molecule has 2 aliphatic heterocycles. The molecule has 7 nitrogen and oxygen atoms in total. The highest BCUT2D eigenvalue weighted by molar-refractivity contribution is 6.33. The van der Waals surface area contributed by atoms with Crippen molar-refractivity contribution in [3.05, 3.63) is 35.1 Å². The summed E-state index contributed by atoms with van der Waals surface area (Å²) in [4.78, 5) is 20.2. The minimum atomic E-state index is 0.479. The van der Waals surface area contributed by atoms with Crippen LogP contribution in [0.4, 0.5) is 17.6 Å². The van der Waals surface area contributed by atoms with Crippen molar-refractivity contribution < 1.29 is 0 Å². The van der Waals surface area contributed by atoms with Gasteiger partial charge in [0.15, 0.2) is 0 Å². The number of nitrogens with zero attached hydrogens (tertiary/aromatic N) is 7. The molecule has 2 saturated heterocycles. The van der Waals surface area contributed by atoms with Crippen molar-refractivity contribution in [1.82, 2.24) is 15.0 Å². The smallest absolute Gasteiger partial charge is 0.227 e. The first kappa shape index (κ1) is 16.9. The third-order valence-corrected chi connectivity index (χ3v) is 5.15. The second-order valence-electron chi connectivity index (χ2n) is 6.52. The van der Waals surface area contributed by atoms with Gasteiger partial charge >= 0.3 is 0 Å². The van der Waals surface area contributed by atoms with E-state index in [1.807, 2.05) is 12.3 Å². The van der Waals surface area contributed by atoms with Crippen molar-refractivity contribution in [2.45, 2.75) is 12.8 Å².